The molecule has 1 saturated heterocycles. The Morgan fingerprint density at radius 3 is 2.74 bits per heavy atom. The molecule has 184 valence electrons. The molecule has 0 unspecified atom stereocenters. The number of rotatable bonds is 11. The van der Waals surface area contributed by atoms with Crippen LogP contribution in [0.5, 0.6) is 0 Å². The third-order valence-corrected chi connectivity index (χ3v) is 5.12. The number of piperazine rings is 1. The lowest BCUT2D eigenvalue weighted by Crippen LogP contribution is -2.44. The Bertz CT molecular complexity index is 1070. The number of ether oxygens (including phenoxy) is 2. The molecule has 4 heterocycles. The average molecular weight is 478 g/mol. The smallest absolute Gasteiger partial charge is 0.268 e. The number of aromatic nitrogens is 6. The number of anilines is 3. The number of nitrogens with one attached hydrogen (secondary N) is 2. The zero-order valence-corrected chi connectivity index (χ0v) is 19.3. The second kappa shape index (κ2) is 10.9. The van der Waals surface area contributed by atoms with E-state index < -0.39 is 12.5 Å². The Morgan fingerprint density at radius 1 is 1.21 bits per heavy atom. The molecule has 13 heteroatoms. The van der Waals surface area contributed by atoms with Gasteiger partial charge in [-0.1, -0.05) is 0 Å². The Kier molecular flexibility index (Phi) is 7.75. The molecule has 0 amide bonds. The molecule has 4 rings (SSSR count). The number of hydrogen-bond donors (Lipinski definition) is 2. The van der Waals surface area contributed by atoms with Crippen LogP contribution in [0.25, 0.3) is 11.0 Å². The molecule has 2 N–H and O–H groups in total. The molecule has 3 aromatic rings. The van der Waals surface area contributed by atoms with Gasteiger partial charge >= 0.3 is 0 Å². The maximum absolute atomic E-state index is 13.2. The summed E-state index contributed by atoms with van der Waals surface area (Å²) in [6.45, 7) is 6.36. The summed E-state index contributed by atoms with van der Waals surface area (Å²) < 4.78 is 38.8. The number of alkyl halides is 2. The quantitative estimate of drug-likeness (QED) is 0.397. The second-order valence-electron chi connectivity index (χ2n) is 7.96. The van der Waals surface area contributed by atoms with Crippen molar-refractivity contribution in [3.05, 3.63) is 24.3 Å². The van der Waals surface area contributed by atoms with Crippen LogP contribution < -0.4 is 15.5 Å². The summed E-state index contributed by atoms with van der Waals surface area (Å²) in [4.78, 5) is 19.9. The molecule has 1 aliphatic heterocycles. The zero-order chi connectivity index (χ0) is 24.0. The van der Waals surface area contributed by atoms with Gasteiger partial charge in [0.1, 0.15) is 35.5 Å². The molecule has 0 aromatic carbocycles. The lowest BCUT2D eigenvalue weighted by Gasteiger charge is -2.27. The van der Waals surface area contributed by atoms with E-state index in [0.717, 1.165) is 33.1 Å². The van der Waals surface area contributed by atoms with Gasteiger partial charge in [0, 0.05) is 45.9 Å². The SMILES string of the molecule is CCOCc1nn(CCOCC(C)(F)F)c2c(Nc3ccncn3)nc(N3CCNCC3)nc12. The Labute approximate surface area is 195 Å². The molecule has 0 radical (unpaired) electrons. The highest BCUT2D eigenvalue weighted by molar-refractivity contribution is 5.90. The minimum absolute atomic E-state index is 0.0563. The van der Waals surface area contributed by atoms with E-state index in [0.29, 0.717) is 40.9 Å². The van der Waals surface area contributed by atoms with Crippen LogP contribution >= 0.6 is 0 Å². The summed E-state index contributed by atoms with van der Waals surface area (Å²) in [6.07, 6.45) is 3.07. The molecule has 1 fully saturated rings. The van der Waals surface area contributed by atoms with Crippen LogP contribution in [0.3, 0.4) is 0 Å². The van der Waals surface area contributed by atoms with Gasteiger partial charge in [0.25, 0.3) is 5.92 Å². The standard InChI is InChI=1S/C21H29F2N9O2/c1-3-33-12-15-17-18(32(30-15)10-11-34-13-21(2,22)23)19(27-16-4-5-25-14-26-16)29-20(28-17)31-8-6-24-7-9-31/h4-5,14,24H,3,6-13H2,1-2H3,(H,25,26,27,28,29). The average Bonchev–Trinajstić information content (AvgIpc) is 3.19. The van der Waals surface area contributed by atoms with Crippen LogP contribution in [0.2, 0.25) is 0 Å². The molecule has 0 spiro atoms. The van der Waals surface area contributed by atoms with E-state index in [9.17, 15) is 8.78 Å². The highest BCUT2D eigenvalue weighted by Crippen LogP contribution is 2.29. The number of hydrogen-bond acceptors (Lipinski definition) is 10. The monoisotopic (exact) mass is 477 g/mol. The van der Waals surface area contributed by atoms with Gasteiger partial charge in [-0.3, -0.25) is 4.68 Å². The molecular formula is C21H29F2N9O2. The van der Waals surface area contributed by atoms with E-state index in [2.05, 4.69) is 30.6 Å². The molecule has 34 heavy (non-hydrogen) atoms. The van der Waals surface area contributed by atoms with E-state index in [4.69, 9.17) is 19.4 Å². The van der Waals surface area contributed by atoms with Gasteiger partial charge in [-0.2, -0.15) is 10.1 Å². The molecule has 11 nitrogen and oxygen atoms in total. The zero-order valence-electron chi connectivity index (χ0n) is 19.3. The first-order valence-electron chi connectivity index (χ1n) is 11.2. The fraction of sp³-hybridized carbons (Fsp3) is 0.571. The first-order chi connectivity index (χ1) is 16.4. The molecule has 0 saturated carbocycles. The predicted molar refractivity (Wildman–Crippen MR) is 122 cm³/mol. The summed E-state index contributed by atoms with van der Waals surface area (Å²) in [5.74, 6) is -1.26. The van der Waals surface area contributed by atoms with Crippen molar-refractivity contribution >= 4 is 28.6 Å². The van der Waals surface area contributed by atoms with E-state index >= 15 is 0 Å². The van der Waals surface area contributed by atoms with Crippen LogP contribution in [-0.4, -0.2) is 81.6 Å². The molecular weight excluding hydrogens is 448 g/mol. The van der Waals surface area contributed by atoms with Crippen LogP contribution in [0.4, 0.5) is 26.4 Å². The molecule has 0 atom stereocenters. The van der Waals surface area contributed by atoms with Gasteiger partial charge in [0.05, 0.1) is 19.8 Å². The molecule has 3 aromatic heterocycles. The summed E-state index contributed by atoms with van der Waals surface area (Å²) in [5, 5.41) is 11.2. The van der Waals surface area contributed by atoms with E-state index in [1.54, 1.807) is 16.9 Å². The normalized spacial score (nSPS) is 14.6. The largest absolute Gasteiger partial charge is 0.375 e. The second-order valence-corrected chi connectivity index (χ2v) is 7.96. The van der Waals surface area contributed by atoms with Gasteiger partial charge in [0.2, 0.25) is 5.95 Å². The lowest BCUT2D eigenvalue weighted by atomic mass is 10.3. The van der Waals surface area contributed by atoms with Crippen molar-refractivity contribution in [2.24, 2.45) is 0 Å². The Hall–Kier alpha value is -3.03. The van der Waals surface area contributed by atoms with Crippen molar-refractivity contribution in [3.63, 3.8) is 0 Å². The van der Waals surface area contributed by atoms with E-state index in [-0.39, 0.29) is 19.8 Å². The van der Waals surface area contributed by atoms with E-state index in [1.807, 2.05) is 6.92 Å². The predicted octanol–water partition coefficient (Wildman–Crippen LogP) is 1.98. The van der Waals surface area contributed by atoms with Crippen molar-refractivity contribution in [2.75, 3.05) is 56.2 Å². The van der Waals surface area contributed by atoms with Crippen molar-refractivity contribution in [1.29, 1.82) is 0 Å². The highest BCUT2D eigenvalue weighted by atomic mass is 19.3. The van der Waals surface area contributed by atoms with Gasteiger partial charge in [-0.15, -0.1) is 0 Å². The van der Waals surface area contributed by atoms with Crippen molar-refractivity contribution in [1.82, 2.24) is 35.0 Å². The van der Waals surface area contributed by atoms with Crippen molar-refractivity contribution in [3.8, 4) is 0 Å². The van der Waals surface area contributed by atoms with Gasteiger partial charge in [-0.05, 0) is 13.0 Å². The van der Waals surface area contributed by atoms with Gasteiger partial charge < -0.3 is 25.0 Å². The first kappa shape index (κ1) is 24.1. The topological polar surface area (TPSA) is 115 Å². The number of fused-ring (bicyclic) bond motifs is 1. The first-order valence-corrected chi connectivity index (χ1v) is 11.2. The van der Waals surface area contributed by atoms with Crippen LogP contribution in [0, 0.1) is 0 Å². The summed E-state index contributed by atoms with van der Waals surface area (Å²) in [5.41, 5.74) is 1.90. The maximum Gasteiger partial charge on any atom is 0.268 e. The molecule has 0 bridgehead atoms. The minimum atomic E-state index is -2.90. The van der Waals surface area contributed by atoms with Gasteiger partial charge in [-0.25, -0.2) is 23.7 Å². The van der Waals surface area contributed by atoms with Crippen molar-refractivity contribution in [2.45, 2.75) is 32.9 Å². The van der Waals surface area contributed by atoms with Crippen LogP contribution in [0.15, 0.2) is 18.6 Å². The Morgan fingerprint density at radius 2 is 2.03 bits per heavy atom. The summed E-state index contributed by atoms with van der Waals surface area (Å²) >= 11 is 0. The van der Waals surface area contributed by atoms with Crippen LogP contribution in [0.1, 0.15) is 19.5 Å². The third-order valence-electron chi connectivity index (χ3n) is 5.12. The minimum Gasteiger partial charge on any atom is -0.375 e. The highest BCUT2D eigenvalue weighted by Gasteiger charge is 2.24. The lowest BCUT2D eigenvalue weighted by molar-refractivity contribution is -0.0638. The number of nitrogens with zero attached hydrogens (tertiary/aromatic N) is 7. The fourth-order valence-corrected chi connectivity index (χ4v) is 3.57. The number of halogens is 2. The molecule has 0 aliphatic carbocycles. The third kappa shape index (κ3) is 6.10. The van der Waals surface area contributed by atoms with Crippen LogP contribution in [-0.2, 0) is 22.6 Å². The van der Waals surface area contributed by atoms with E-state index in [1.165, 1.54) is 6.33 Å². The molecule has 1 aliphatic rings. The fourth-order valence-electron chi connectivity index (χ4n) is 3.57. The Balaban J connectivity index is 1.73. The summed E-state index contributed by atoms with van der Waals surface area (Å²) in [7, 11) is 0. The van der Waals surface area contributed by atoms with Crippen molar-refractivity contribution < 1.29 is 18.3 Å². The summed E-state index contributed by atoms with van der Waals surface area (Å²) in [6, 6.07) is 1.73. The van der Waals surface area contributed by atoms with Gasteiger partial charge in [0.15, 0.2) is 5.82 Å². The maximum atomic E-state index is 13.2.